The maximum atomic E-state index is 11.4. The molecule has 0 fully saturated rings. The molecule has 1 atom stereocenters. The lowest BCUT2D eigenvalue weighted by Crippen LogP contribution is -2.27. The highest BCUT2D eigenvalue weighted by Gasteiger charge is 2.33. The molecule has 0 amide bonds. The summed E-state index contributed by atoms with van der Waals surface area (Å²) in [6, 6.07) is 4.07. The number of aliphatic hydroxyl groups is 1. The normalized spacial score (nSPS) is 15.2. The highest BCUT2D eigenvalue weighted by Crippen LogP contribution is 2.43. The van der Waals surface area contributed by atoms with Crippen LogP contribution in [0.2, 0.25) is 0 Å². The van der Waals surface area contributed by atoms with Gasteiger partial charge in [-0.3, -0.25) is 0 Å². The van der Waals surface area contributed by atoms with Crippen molar-refractivity contribution < 1.29 is 10.2 Å². The lowest BCUT2D eigenvalue weighted by atomic mass is 9.75. The van der Waals surface area contributed by atoms with Crippen LogP contribution in [0.25, 0.3) is 0 Å². The van der Waals surface area contributed by atoms with Crippen LogP contribution in [0.1, 0.15) is 111 Å². The zero-order valence-corrected chi connectivity index (χ0v) is 17.8. The fourth-order valence-corrected chi connectivity index (χ4v) is 3.42. The second kappa shape index (κ2) is 8.12. The van der Waals surface area contributed by atoms with Gasteiger partial charge in [-0.05, 0) is 52.5 Å². The highest BCUT2D eigenvalue weighted by atomic mass is 16.3. The van der Waals surface area contributed by atoms with Gasteiger partial charge in [-0.2, -0.15) is 0 Å². The van der Waals surface area contributed by atoms with Gasteiger partial charge in [0.25, 0.3) is 0 Å². The predicted molar refractivity (Wildman–Crippen MR) is 108 cm³/mol. The van der Waals surface area contributed by atoms with Gasteiger partial charge >= 0.3 is 0 Å². The van der Waals surface area contributed by atoms with Crippen molar-refractivity contribution in [2.24, 2.45) is 0 Å². The van der Waals surface area contributed by atoms with E-state index in [-0.39, 0.29) is 10.8 Å². The Kier molecular flexibility index (Phi) is 7.15. The van der Waals surface area contributed by atoms with Crippen molar-refractivity contribution in [3.8, 4) is 5.75 Å². The van der Waals surface area contributed by atoms with Crippen molar-refractivity contribution in [1.29, 1.82) is 0 Å². The Labute approximate surface area is 155 Å². The lowest BCUT2D eigenvalue weighted by Gasteiger charge is -2.33. The molecule has 0 saturated heterocycles. The van der Waals surface area contributed by atoms with Gasteiger partial charge in [0.2, 0.25) is 0 Å². The Morgan fingerprint density at radius 3 is 1.64 bits per heavy atom. The van der Waals surface area contributed by atoms with E-state index >= 15 is 0 Å². The van der Waals surface area contributed by atoms with Crippen molar-refractivity contribution in [1.82, 2.24) is 0 Å². The first kappa shape index (κ1) is 22.0. The fourth-order valence-electron chi connectivity index (χ4n) is 3.42. The Hall–Kier alpha value is -1.02. The van der Waals surface area contributed by atoms with E-state index in [2.05, 4.69) is 55.4 Å². The summed E-state index contributed by atoms with van der Waals surface area (Å²) < 4.78 is 0. The number of aromatic hydroxyl groups is 1. The number of hydrogen-bond donors (Lipinski definition) is 2. The van der Waals surface area contributed by atoms with Crippen LogP contribution in [0, 0.1) is 0 Å². The number of hydrogen-bond acceptors (Lipinski definition) is 2. The summed E-state index contributed by atoms with van der Waals surface area (Å²) in [6.45, 7) is 17.0. The predicted octanol–water partition coefficient (Wildman–Crippen LogP) is 6.56. The summed E-state index contributed by atoms with van der Waals surface area (Å²) in [7, 11) is 0. The summed E-state index contributed by atoms with van der Waals surface area (Å²) in [4.78, 5) is 0. The van der Waals surface area contributed by atoms with Gasteiger partial charge in [0.15, 0.2) is 0 Å². The van der Waals surface area contributed by atoms with Gasteiger partial charge < -0.3 is 10.2 Å². The molecular weight excluding hydrogens is 308 g/mol. The molecule has 1 rings (SSSR count). The Morgan fingerprint density at radius 2 is 1.28 bits per heavy atom. The number of unbranched alkanes of at least 4 members (excludes halogenated alkanes) is 3. The van der Waals surface area contributed by atoms with Crippen LogP contribution in [-0.2, 0) is 16.4 Å². The van der Waals surface area contributed by atoms with Crippen molar-refractivity contribution in [2.75, 3.05) is 0 Å². The average molecular weight is 349 g/mol. The number of rotatable bonds is 7. The third-order valence-electron chi connectivity index (χ3n) is 5.29. The number of benzene rings is 1. The van der Waals surface area contributed by atoms with E-state index < -0.39 is 5.60 Å². The summed E-state index contributed by atoms with van der Waals surface area (Å²) in [5.74, 6) is 0.383. The van der Waals surface area contributed by atoms with Crippen LogP contribution < -0.4 is 0 Å². The molecule has 0 spiro atoms. The molecule has 2 heteroatoms. The van der Waals surface area contributed by atoms with E-state index in [0.29, 0.717) is 12.2 Å². The van der Waals surface area contributed by atoms with Gasteiger partial charge in [0, 0.05) is 0 Å². The topological polar surface area (TPSA) is 40.5 Å². The highest BCUT2D eigenvalue weighted by molar-refractivity contribution is 5.51. The molecule has 0 aliphatic rings. The van der Waals surface area contributed by atoms with Crippen LogP contribution in [0.3, 0.4) is 0 Å². The molecule has 1 aromatic carbocycles. The molecule has 0 bridgehead atoms. The minimum atomic E-state index is -0.818. The Bertz CT molecular complexity index is 525. The van der Waals surface area contributed by atoms with Crippen molar-refractivity contribution in [3.05, 3.63) is 28.8 Å². The fraction of sp³-hybridized carbons (Fsp3) is 0.739. The maximum Gasteiger partial charge on any atom is 0.123 e. The molecule has 25 heavy (non-hydrogen) atoms. The van der Waals surface area contributed by atoms with Gasteiger partial charge in [0.05, 0.1) is 5.60 Å². The average Bonchev–Trinajstić information content (AvgIpc) is 2.49. The minimum Gasteiger partial charge on any atom is -0.507 e. The molecule has 1 aromatic rings. The van der Waals surface area contributed by atoms with Gasteiger partial charge in [-0.1, -0.05) is 81.1 Å². The lowest BCUT2D eigenvalue weighted by molar-refractivity contribution is 0.0204. The largest absolute Gasteiger partial charge is 0.507 e. The van der Waals surface area contributed by atoms with Crippen LogP contribution in [0.4, 0.5) is 0 Å². The molecule has 0 saturated carbocycles. The molecule has 0 radical (unpaired) electrons. The minimum absolute atomic E-state index is 0.170. The third kappa shape index (κ3) is 5.48. The molecule has 0 aliphatic carbocycles. The summed E-state index contributed by atoms with van der Waals surface area (Å²) in [6.07, 6.45) is 6.09. The maximum absolute atomic E-state index is 11.4. The van der Waals surface area contributed by atoms with Gasteiger partial charge in [0.1, 0.15) is 5.75 Å². The van der Waals surface area contributed by atoms with E-state index in [1.807, 2.05) is 12.1 Å². The molecular formula is C23H40O2. The van der Waals surface area contributed by atoms with Crippen molar-refractivity contribution in [2.45, 2.75) is 110 Å². The van der Waals surface area contributed by atoms with Gasteiger partial charge in [-0.15, -0.1) is 0 Å². The molecule has 2 N–H and O–H groups in total. The van der Waals surface area contributed by atoms with E-state index in [4.69, 9.17) is 0 Å². The van der Waals surface area contributed by atoms with E-state index in [1.54, 1.807) is 0 Å². The van der Waals surface area contributed by atoms with Crippen LogP contribution in [-0.4, -0.2) is 10.2 Å². The second-order valence-corrected chi connectivity index (χ2v) is 9.62. The van der Waals surface area contributed by atoms with Crippen LogP contribution >= 0.6 is 0 Å². The summed E-state index contributed by atoms with van der Waals surface area (Å²) >= 11 is 0. The first-order valence-corrected chi connectivity index (χ1v) is 9.97. The second-order valence-electron chi connectivity index (χ2n) is 9.62. The van der Waals surface area contributed by atoms with Crippen molar-refractivity contribution >= 4 is 0 Å². The van der Waals surface area contributed by atoms with E-state index in [9.17, 15) is 10.2 Å². The number of phenolic OH excluding ortho intramolecular Hbond substituents is 1. The molecule has 2 nitrogen and oxygen atoms in total. The molecule has 144 valence electrons. The van der Waals surface area contributed by atoms with Crippen LogP contribution in [0.15, 0.2) is 12.1 Å². The monoisotopic (exact) mass is 348 g/mol. The summed E-state index contributed by atoms with van der Waals surface area (Å²) in [5.41, 5.74) is 1.65. The van der Waals surface area contributed by atoms with Crippen molar-refractivity contribution in [3.63, 3.8) is 0 Å². The first-order valence-electron chi connectivity index (χ1n) is 9.97. The molecule has 0 aromatic heterocycles. The third-order valence-corrected chi connectivity index (χ3v) is 5.29. The zero-order valence-electron chi connectivity index (χ0n) is 17.8. The van der Waals surface area contributed by atoms with E-state index in [1.165, 1.54) is 12.8 Å². The van der Waals surface area contributed by atoms with Crippen LogP contribution in [0.5, 0.6) is 5.75 Å². The van der Waals surface area contributed by atoms with E-state index in [0.717, 1.165) is 36.0 Å². The summed E-state index contributed by atoms with van der Waals surface area (Å²) in [5, 5.41) is 22.3. The number of phenols is 1. The SMILES string of the molecule is CCCCCCC(O)(CC)c1cc(C(C)(C)C)c(O)c(C(C)(C)C)c1. The van der Waals surface area contributed by atoms with Gasteiger partial charge in [-0.25, -0.2) is 0 Å². The standard InChI is InChI=1S/C23H40O2/c1-9-11-12-13-14-23(25,10-2)17-15-18(21(3,4)5)20(24)19(16-17)22(6,7)8/h15-16,24-25H,9-14H2,1-8H3. The molecule has 0 heterocycles. The zero-order chi connectivity index (χ0) is 19.5. The Balaban J connectivity index is 3.42. The smallest absolute Gasteiger partial charge is 0.123 e. The molecule has 0 aliphatic heterocycles. The molecule has 1 unspecified atom stereocenters. The first-order chi connectivity index (χ1) is 11.4. The Morgan fingerprint density at radius 1 is 0.800 bits per heavy atom. The quantitative estimate of drug-likeness (QED) is 0.548.